The molecule has 5 nitrogen and oxygen atoms in total. The minimum absolute atomic E-state index is 0.593. The van der Waals surface area contributed by atoms with Gasteiger partial charge in [-0.25, -0.2) is 4.98 Å². The number of benzene rings is 7. The first-order chi connectivity index (χ1) is 25.8. The first-order valence-electron chi connectivity index (χ1n) is 17.1. The monoisotopic (exact) mass is 703 g/mol. The Labute approximate surface area is 310 Å². The van der Waals surface area contributed by atoms with Crippen LogP contribution in [-0.4, -0.2) is 15.2 Å². The summed E-state index contributed by atoms with van der Waals surface area (Å²) >= 11 is 3.62. The number of hydrogen-bond acceptors (Lipinski definition) is 7. The minimum atomic E-state index is 0.593. The van der Waals surface area contributed by atoms with Crippen molar-refractivity contribution in [3.63, 3.8) is 0 Å². The zero-order chi connectivity index (χ0) is 34.4. The fourth-order valence-electron chi connectivity index (χ4n) is 6.93. The molecule has 3 heterocycles. The Morgan fingerprint density at radius 2 is 0.712 bits per heavy atom. The number of hydrogen-bond donors (Lipinski definition) is 0. The van der Waals surface area contributed by atoms with Gasteiger partial charge in [0.15, 0.2) is 5.82 Å². The summed E-state index contributed by atoms with van der Waals surface area (Å²) in [5, 5.41) is 9.48. The summed E-state index contributed by atoms with van der Waals surface area (Å²) in [6.07, 6.45) is 0. The molecule has 0 saturated carbocycles. The molecular weight excluding hydrogens is 675 g/mol. The molecule has 246 valence electrons. The summed E-state index contributed by atoms with van der Waals surface area (Å²) < 4.78 is 0. The van der Waals surface area contributed by atoms with Crippen LogP contribution < -0.4 is 9.80 Å². The molecule has 0 fully saturated rings. The third kappa shape index (κ3) is 5.33. The summed E-state index contributed by atoms with van der Waals surface area (Å²) in [5.74, 6) is 0.593. The molecule has 0 saturated heterocycles. The quantitative estimate of drug-likeness (QED) is 0.177. The largest absolute Gasteiger partial charge is 0.308 e. The summed E-state index contributed by atoms with van der Waals surface area (Å²) in [5.41, 5.74) is 11.2. The van der Waals surface area contributed by atoms with Gasteiger partial charge in [0.25, 0.3) is 0 Å². The smallest absolute Gasteiger partial charge is 0.182 e. The predicted octanol–water partition coefficient (Wildman–Crippen LogP) is 12.7. The molecule has 2 aliphatic heterocycles. The maximum absolute atomic E-state index is 5.17. The van der Waals surface area contributed by atoms with Crippen molar-refractivity contribution in [1.29, 1.82) is 0 Å². The SMILES string of the molecule is c1ccc(-c2nnc(-c3ccc(N4c5ccccc5Sc5ccccc54)cc3)c(-c3ccc(N4c5ccccc5Sc5ccccc54)cc3)n2)cc1. The third-order valence-corrected chi connectivity index (χ3v) is 11.6. The molecule has 1 aromatic heterocycles. The van der Waals surface area contributed by atoms with Gasteiger partial charge in [-0.2, -0.15) is 0 Å². The van der Waals surface area contributed by atoms with Crippen molar-refractivity contribution < 1.29 is 0 Å². The van der Waals surface area contributed by atoms with Crippen molar-refractivity contribution in [2.24, 2.45) is 0 Å². The van der Waals surface area contributed by atoms with Crippen molar-refractivity contribution in [1.82, 2.24) is 15.2 Å². The van der Waals surface area contributed by atoms with Crippen LogP contribution in [0.15, 0.2) is 196 Å². The second-order valence-electron chi connectivity index (χ2n) is 12.5. The van der Waals surface area contributed by atoms with Crippen molar-refractivity contribution in [2.45, 2.75) is 19.6 Å². The van der Waals surface area contributed by atoms with Crippen molar-refractivity contribution in [2.75, 3.05) is 9.80 Å². The molecule has 10 rings (SSSR count). The molecule has 0 radical (unpaired) electrons. The summed E-state index contributed by atoms with van der Waals surface area (Å²) in [6.45, 7) is 0. The Hall–Kier alpha value is -6.15. The van der Waals surface area contributed by atoms with Gasteiger partial charge in [-0.3, -0.25) is 0 Å². The zero-order valence-electron chi connectivity index (χ0n) is 27.8. The lowest BCUT2D eigenvalue weighted by molar-refractivity contribution is 0.991. The highest BCUT2D eigenvalue weighted by Gasteiger charge is 2.26. The molecule has 0 amide bonds. The van der Waals surface area contributed by atoms with Crippen LogP contribution >= 0.6 is 23.5 Å². The van der Waals surface area contributed by atoms with Crippen LogP contribution in [0.4, 0.5) is 34.1 Å². The van der Waals surface area contributed by atoms with Gasteiger partial charge in [0.2, 0.25) is 0 Å². The molecule has 8 aromatic rings. The van der Waals surface area contributed by atoms with E-state index >= 15 is 0 Å². The first kappa shape index (κ1) is 30.7. The highest BCUT2D eigenvalue weighted by Crippen LogP contribution is 2.52. The maximum Gasteiger partial charge on any atom is 0.182 e. The van der Waals surface area contributed by atoms with Gasteiger partial charge in [0.05, 0.1) is 22.7 Å². The maximum atomic E-state index is 5.17. The van der Waals surface area contributed by atoms with Crippen LogP contribution in [-0.2, 0) is 0 Å². The standard InChI is InChI=1S/C45H29N5S2/c1-2-12-32(13-3-1)45-46-43(30-22-26-33(27-23-30)49-35-14-4-8-18-39(35)51-40-19-9-5-15-36(40)49)44(47-48-45)31-24-28-34(29-25-31)50-37-16-6-10-20-41(37)52-42-21-11-7-17-38(42)50/h1-29H. The highest BCUT2D eigenvalue weighted by molar-refractivity contribution is 8.00. The van der Waals surface area contributed by atoms with E-state index in [9.17, 15) is 0 Å². The van der Waals surface area contributed by atoms with Gasteiger partial charge >= 0.3 is 0 Å². The molecule has 0 unspecified atom stereocenters. The molecular formula is C45H29N5S2. The lowest BCUT2D eigenvalue weighted by Gasteiger charge is -2.33. The lowest BCUT2D eigenvalue weighted by Crippen LogP contribution is -2.14. The van der Waals surface area contributed by atoms with E-state index in [1.165, 1.54) is 42.3 Å². The fraction of sp³-hybridized carbons (Fsp3) is 0. The summed E-state index contributed by atoms with van der Waals surface area (Å²) in [4.78, 5) is 14.8. The molecule has 0 spiro atoms. The second-order valence-corrected chi connectivity index (χ2v) is 14.7. The molecule has 0 N–H and O–H groups in total. The number of rotatable bonds is 5. The van der Waals surface area contributed by atoms with E-state index in [0.717, 1.165) is 39.5 Å². The number of aromatic nitrogens is 3. The van der Waals surface area contributed by atoms with Gasteiger partial charge in [0, 0.05) is 47.6 Å². The van der Waals surface area contributed by atoms with Crippen LogP contribution in [0.25, 0.3) is 33.9 Å². The summed E-state index contributed by atoms with van der Waals surface area (Å²) in [6, 6.07) is 61.6. The number of nitrogens with zero attached hydrogens (tertiary/aromatic N) is 5. The molecule has 0 bridgehead atoms. The average molecular weight is 704 g/mol. The molecule has 7 aromatic carbocycles. The van der Waals surface area contributed by atoms with Crippen LogP contribution in [0, 0.1) is 0 Å². The summed E-state index contributed by atoms with van der Waals surface area (Å²) in [7, 11) is 0. The van der Waals surface area contributed by atoms with E-state index in [1.54, 1.807) is 0 Å². The van der Waals surface area contributed by atoms with E-state index < -0.39 is 0 Å². The molecule has 7 heteroatoms. The van der Waals surface area contributed by atoms with Gasteiger partial charge in [0.1, 0.15) is 11.4 Å². The predicted molar refractivity (Wildman–Crippen MR) is 214 cm³/mol. The Kier molecular flexibility index (Phi) is 7.59. The molecule has 52 heavy (non-hydrogen) atoms. The van der Waals surface area contributed by atoms with Gasteiger partial charge < -0.3 is 9.80 Å². The number of fused-ring (bicyclic) bond motifs is 4. The van der Waals surface area contributed by atoms with Crippen LogP contribution in [0.2, 0.25) is 0 Å². The van der Waals surface area contributed by atoms with Gasteiger partial charge in [-0.15, -0.1) is 10.2 Å². The van der Waals surface area contributed by atoms with E-state index in [2.05, 4.69) is 160 Å². The van der Waals surface area contributed by atoms with Crippen molar-refractivity contribution in [3.8, 4) is 33.9 Å². The Bertz CT molecular complexity index is 2500. The van der Waals surface area contributed by atoms with E-state index in [0.29, 0.717) is 5.82 Å². The van der Waals surface area contributed by atoms with E-state index in [4.69, 9.17) is 10.1 Å². The van der Waals surface area contributed by atoms with Crippen LogP contribution in [0.5, 0.6) is 0 Å². The number of anilines is 6. The minimum Gasteiger partial charge on any atom is -0.308 e. The third-order valence-electron chi connectivity index (χ3n) is 9.38. The Morgan fingerprint density at radius 1 is 0.327 bits per heavy atom. The van der Waals surface area contributed by atoms with Crippen molar-refractivity contribution >= 4 is 57.6 Å². The molecule has 0 aliphatic carbocycles. The van der Waals surface area contributed by atoms with Gasteiger partial charge in [-0.1, -0.05) is 127 Å². The van der Waals surface area contributed by atoms with E-state index in [-0.39, 0.29) is 0 Å². The second kappa shape index (κ2) is 12.9. The normalized spacial score (nSPS) is 12.8. The lowest BCUT2D eigenvalue weighted by atomic mass is 10.0. The Balaban J connectivity index is 1.06. The molecule has 0 atom stereocenters. The number of para-hydroxylation sites is 4. The fourth-order valence-corrected chi connectivity index (χ4v) is 9.05. The van der Waals surface area contributed by atoms with Crippen molar-refractivity contribution in [3.05, 3.63) is 176 Å². The van der Waals surface area contributed by atoms with E-state index in [1.807, 2.05) is 53.9 Å². The van der Waals surface area contributed by atoms with Crippen LogP contribution in [0.3, 0.4) is 0 Å². The zero-order valence-corrected chi connectivity index (χ0v) is 29.4. The topological polar surface area (TPSA) is 45.2 Å². The first-order valence-corrected chi connectivity index (χ1v) is 18.7. The van der Waals surface area contributed by atoms with Crippen LogP contribution in [0.1, 0.15) is 0 Å². The molecule has 2 aliphatic rings. The Morgan fingerprint density at radius 3 is 1.15 bits per heavy atom. The average Bonchev–Trinajstić information content (AvgIpc) is 3.22. The highest BCUT2D eigenvalue weighted by atomic mass is 32.2. The van der Waals surface area contributed by atoms with Gasteiger partial charge in [-0.05, 0) is 72.8 Å².